The number of pyridine rings is 1. The number of carbonyl (C=O) groups is 1. The van der Waals surface area contributed by atoms with Crippen LogP contribution in [0.2, 0.25) is 0 Å². The number of hydrogen-bond acceptors (Lipinski definition) is 6. The third-order valence-electron chi connectivity index (χ3n) is 3.68. The molecule has 0 saturated heterocycles. The highest BCUT2D eigenvalue weighted by atomic mass is 32.2. The number of carbonyl (C=O) groups excluding carboxylic acids is 1. The average Bonchev–Trinajstić information content (AvgIpc) is 3.03. The van der Waals surface area contributed by atoms with Gasteiger partial charge in [0.2, 0.25) is 5.09 Å². The average molecular weight is 395 g/mol. The maximum Gasteiger partial charge on any atom is 0.287 e. The number of sulfonamides is 1. The van der Waals surface area contributed by atoms with E-state index in [0.717, 1.165) is 11.1 Å². The Kier molecular flexibility index (Phi) is 5.96. The number of ether oxygens (including phenoxy) is 1. The van der Waals surface area contributed by atoms with Crippen molar-refractivity contribution in [3.63, 3.8) is 0 Å². The van der Waals surface area contributed by atoms with E-state index in [0.29, 0.717) is 11.4 Å². The van der Waals surface area contributed by atoms with Gasteiger partial charge < -0.3 is 14.5 Å². The Morgan fingerprint density at radius 1 is 1.26 bits per heavy atom. The maximum absolute atomic E-state index is 12.3. The summed E-state index contributed by atoms with van der Waals surface area (Å²) in [4.78, 5) is 16.6. The summed E-state index contributed by atoms with van der Waals surface area (Å²) in [6, 6.07) is 2.57. The van der Waals surface area contributed by atoms with Crippen LogP contribution in [-0.4, -0.2) is 32.0 Å². The van der Waals surface area contributed by atoms with Crippen LogP contribution in [0.3, 0.4) is 0 Å². The molecule has 148 valence electrons. The third-order valence-corrected chi connectivity index (χ3v) is 5.31. The second-order valence-corrected chi connectivity index (χ2v) is 8.82. The van der Waals surface area contributed by atoms with Crippen LogP contribution in [0.15, 0.2) is 27.8 Å². The fourth-order valence-corrected chi connectivity index (χ4v) is 3.89. The van der Waals surface area contributed by atoms with Crippen molar-refractivity contribution < 1.29 is 22.4 Å². The summed E-state index contributed by atoms with van der Waals surface area (Å²) < 4.78 is 37.5. The number of nitrogens with zero attached hydrogens (tertiary/aromatic N) is 1. The van der Waals surface area contributed by atoms with Gasteiger partial charge in [0.25, 0.3) is 15.9 Å². The molecule has 27 heavy (non-hydrogen) atoms. The van der Waals surface area contributed by atoms with E-state index in [-0.39, 0.29) is 17.4 Å². The molecule has 2 rings (SSSR count). The summed E-state index contributed by atoms with van der Waals surface area (Å²) in [7, 11) is -2.27. The number of amides is 1. The molecule has 0 aliphatic heterocycles. The van der Waals surface area contributed by atoms with E-state index in [4.69, 9.17) is 9.15 Å². The number of hydrogen-bond donors (Lipinski definition) is 2. The number of aromatic nitrogens is 1. The Morgan fingerprint density at radius 2 is 1.93 bits per heavy atom. The van der Waals surface area contributed by atoms with E-state index in [1.807, 2.05) is 13.8 Å². The van der Waals surface area contributed by atoms with Crippen molar-refractivity contribution in [2.75, 3.05) is 7.11 Å². The fourth-order valence-electron chi connectivity index (χ4n) is 2.54. The lowest BCUT2D eigenvalue weighted by Crippen LogP contribution is -2.40. The molecule has 0 saturated carbocycles. The van der Waals surface area contributed by atoms with Crippen LogP contribution in [0, 0.1) is 13.8 Å². The number of furan rings is 1. The molecule has 2 aromatic rings. The zero-order chi connectivity index (χ0) is 20.4. The highest BCUT2D eigenvalue weighted by Crippen LogP contribution is 2.24. The van der Waals surface area contributed by atoms with E-state index >= 15 is 0 Å². The van der Waals surface area contributed by atoms with E-state index in [1.54, 1.807) is 34.1 Å². The minimum atomic E-state index is -3.84. The van der Waals surface area contributed by atoms with E-state index < -0.39 is 21.5 Å². The molecule has 0 atom stereocenters. The molecule has 2 aromatic heterocycles. The van der Waals surface area contributed by atoms with Gasteiger partial charge in [-0.15, -0.1) is 0 Å². The molecule has 1 amide bonds. The SMILES string of the molecule is COc1c(C)cnc(CNC(=O)c2ccc(S(=O)(=O)NC(C)(C)C)o2)c1C. The molecule has 2 heterocycles. The summed E-state index contributed by atoms with van der Waals surface area (Å²) >= 11 is 0. The van der Waals surface area contributed by atoms with Crippen LogP contribution >= 0.6 is 0 Å². The topological polar surface area (TPSA) is 111 Å². The van der Waals surface area contributed by atoms with Gasteiger partial charge in [-0.3, -0.25) is 9.78 Å². The molecule has 0 radical (unpaired) electrons. The first-order chi connectivity index (χ1) is 12.4. The van der Waals surface area contributed by atoms with Crippen molar-refractivity contribution >= 4 is 15.9 Å². The molecule has 0 fully saturated rings. The van der Waals surface area contributed by atoms with Gasteiger partial charge in [-0.25, -0.2) is 13.1 Å². The zero-order valence-corrected chi connectivity index (χ0v) is 17.2. The molecule has 8 nitrogen and oxygen atoms in total. The van der Waals surface area contributed by atoms with E-state index in [2.05, 4.69) is 15.0 Å². The van der Waals surface area contributed by atoms with E-state index in [9.17, 15) is 13.2 Å². The third kappa shape index (κ3) is 5.08. The van der Waals surface area contributed by atoms with Gasteiger partial charge in [0.15, 0.2) is 5.76 Å². The molecule has 0 aliphatic carbocycles. The lowest BCUT2D eigenvalue weighted by Gasteiger charge is -2.18. The largest absolute Gasteiger partial charge is 0.496 e. The molecule has 0 bridgehead atoms. The van der Waals surface area contributed by atoms with Crippen LogP contribution in [-0.2, 0) is 16.6 Å². The Labute approximate surface area is 159 Å². The van der Waals surface area contributed by atoms with E-state index in [1.165, 1.54) is 12.1 Å². The first kappa shape index (κ1) is 20.9. The molecule has 0 unspecified atom stereocenters. The Bertz CT molecular complexity index is 942. The standard InChI is InChI=1S/C18H25N3O5S/c1-11-9-19-13(12(2)16(11)25-6)10-20-17(22)14-7-8-15(26-14)27(23,24)21-18(3,4)5/h7-9,21H,10H2,1-6H3,(H,20,22). The quantitative estimate of drug-likeness (QED) is 0.776. The van der Waals surface area contributed by atoms with Gasteiger partial charge in [0.05, 0.1) is 19.3 Å². The Balaban J connectivity index is 2.12. The fraction of sp³-hybridized carbons (Fsp3) is 0.444. The summed E-state index contributed by atoms with van der Waals surface area (Å²) in [6.07, 6.45) is 1.67. The zero-order valence-electron chi connectivity index (χ0n) is 16.3. The Morgan fingerprint density at radius 3 is 2.52 bits per heavy atom. The van der Waals surface area contributed by atoms with Crippen LogP contribution in [0.4, 0.5) is 0 Å². The van der Waals surface area contributed by atoms with Crippen molar-refractivity contribution in [2.24, 2.45) is 0 Å². The summed E-state index contributed by atoms with van der Waals surface area (Å²) in [6.45, 7) is 9.04. The van der Waals surface area contributed by atoms with Crippen molar-refractivity contribution in [3.05, 3.63) is 40.9 Å². The molecular formula is C18H25N3O5S. The lowest BCUT2D eigenvalue weighted by atomic mass is 10.1. The maximum atomic E-state index is 12.3. The normalized spacial score (nSPS) is 12.1. The number of rotatable bonds is 6. The van der Waals surface area contributed by atoms with Gasteiger partial charge in [-0.2, -0.15) is 0 Å². The summed E-state index contributed by atoms with van der Waals surface area (Å²) in [5.74, 6) is 0.0860. The molecule has 0 aromatic carbocycles. The highest BCUT2D eigenvalue weighted by Gasteiger charge is 2.26. The summed E-state index contributed by atoms with van der Waals surface area (Å²) in [5, 5.41) is 2.36. The van der Waals surface area contributed by atoms with Gasteiger partial charge in [0.1, 0.15) is 5.75 Å². The number of aryl methyl sites for hydroxylation is 1. The molecule has 2 N–H and O–H groups in total. The van der Waals surface area contributed by atoms with Crippen molar-refractivity contribution in [1.82, 2.24) is 15.0 Å². The molecular weight excluding hydrogens is 370 g/mol. The number of nitrogens with one attached hydrogen (secondary N) is 2. The molecule has 0 aliphatic rings. The first-order valence-electron chi connectivity index (χ1n) is 8.35. The van der Waals surface area contributed by atoms with Gasteiger partial charge in [0, 0.05) is 22.9 Å². The van der Waals surface area contributed by atoms with Crippen LogP contribution in [0.1, 0.15) is 48.1 Å². The van der Waals surface area contributed by atoms with Crippen molar-refractivity contribution in [1.29, 1.82) is 0 Å². The first-order valence-corrected chi connectivity index (χ1v) is 9.84. The minimum absolute atomic E-state index is 0.0963. The Hall–Kier alpha value is -2.39. The predicted octanol–water partition coefficient (Wildman–Crippen LogP) is 2.31. The molecule has 0 spiro atoms. The van der Waals surface area contributed by atoms with Crippen molar-refractivity contribution in [2.45, 2.75) is 51.8 Å². The van der Waals surface area contributed by atoms with Gasteiger partial charge >= 0.3 is 0 Å². The van der Waals surface area contributed by atoms with Gasteiger partial charge in [-0.05, 0) is 46.8 Å². The van der Waals surface area contributed by atoms with Crippen LogP contribution < -0.4 is 14.8 Å². The van der Waals surface area contributed by atoms with Crippen LogP contribution in [0.5, 0.6) is 5.75 Å². The smallest absolute Gasteiger partial charge is 0.287 e. The second-order valence-electron chi connectivity index (χ2n) is 7.20. The molecule has 9 heteroatoms. The minimum Gasteiger partial charge on any atom is -0.496 e. The second kappa shape index (κ2) is 7.69. The van der Waals surface area contributed by atoms with Crippen LogP contribution in [0.25, 0.3) is 0 Å². The summed E-state index contributed by atoms with van der Waals surface area (Å²) in [5.41, 5.74) is 1.72. The van der Waals surface area contributed by atoms with Gasteiger partial charge in [-0.1, -0.05) is 0 Å². The highest BCUT2D eigenvalue weighted by molar-refractivity contribution is 7.89. The monoisotopic (exact) mass is 395 g/mol. The number of methoxy groups -OCH3 is 1. The lowest BCUT2D eigenvalue weighted by molar-refractivity contribution is 0.0917. The predicted molar refractivity (Wildman–Crippen MR) is 100 cm³/mol. The van der Waals surface area contributed by atoms with Crippen molar-refractivity contribution in [3.8, 4) is 5.75 Å².